The maximum absolute atomic E-state index is 11.8. The van der Waals surface area contributed by atoms with E-state index in [4.69, 9.17) is 4.74 Å². The summed E-state index contributed by atoms with van der Waals surface area (Å²) in [5.41, 5.74) is 2.13. The number of benzene rings is 1. The predicted molar refractivity (Wildman–Crippen MR) is 96.7 cm³/mol. The van der Waals surface area contributed by atoms with Gasteiger partial charge >= 0.3 is 5.97 Å². The number of hydrogen-bond acceptors (Lipinski definition) is 5. The van der Waals surface area contributed by atoms with Crippen molar-refractivity contribution >= 4 is 17.8 Å². The van der Waals surface area contributed by atoms with Crippen LogP contribution in [0, 0.1) is 6.92 Å². The summed E-state index contributed by atoms with van der Waals surface area (Å²) in [4.78, 5) is 36.1. The Morgan fingerprint density at radius 2 is 1.77 bits per heavy atom. The number of hydrogen-bond donors (Lipinski definition) is 1. The third kappa shape index (κ3) is 4.50. The van der Waals surface area contributed by atoms with E-state index in [0.717, 1.165) is 21.6 Å². The topological polar surface area (TPSA) is 83.9 Å². The van der Waals surface area contributed by atoms with E-state index in [2.05, 4.69) is 0 Å². The monoisotopic (exact) mass is 359 g/mol. The lowest BCUT2D eigenvalue weighted by molar-refractivity contribution is -0.151. The predicted octanol–water partition coefficient (Wildman–Crippen LogP) is 2.40. The third-order valence-electron chi connectivity index (χ3n) is 4.25. The highest BCUT2D eigenvalue weighted by Crippen LogP contribution is 2.34. The Hall–Kier alpha value is -2.63. The molecule has 0 aliphatic carbocycles. The van der Waals surface area contributed by atoms with Crippen LogP contribution >= 0.6 is 0 Å². The van der Waals surface area contributed by atoms with Crippen LogP contribution in [0.1, 0.15) is 44.4 Å². The number of rotatable bonds is 5. The summed E-state index contributed by atoms with van der Waals surface area (Å²) >= 11 is 0. The van der Waals surface area contributed by atoms with Crippen LogP contribution in [0.2, 0.25) is 0 Å². The molecule has 1 aromatic rings. The second-order valence-electron chi connectivity index (χ2n) is 7.61. The zero-order chi connectivity index (χ0) is 19.6. The van der Waals surface area contributed by atoms with E-state index in [1.165, 1.54) is 19.1 Å². The Kier molecular flexibility index (Phi) is 5.54. The Balaban J connectivity index is 2.28. The quantitative estimate of drug-likeness (QED) is 0.645. The molecule has 1 N–H and O–H groups in total. The van der Waals surface area contributed by atoms with Crippen molar-refractivity contribution in [1.29, 1.82) is 0 Å². The number of carbonyl (C=O) groups is 3. The summed E-state index contributed by atoms with van der Waals surface area (Å²) < 4.78 is 5.33. The fourth-order valence-corrected chi connectivity index (χ4v) is 3.00. The molecule has 0 saturated carbocycles. The zero-order valence-electron chi connectivity index (χ0n) is 15.8. The van der Waals surface area contributed by atoms with Crippen molar-refractivity contribution in [3.8, 4) is 5.75 Å². The maximum Gasteiger partial charge on any atom is 0.302 e. The van der Waals surface area contributed by atoms with Gasteiger partial charge in [0, 0.05) is 25.5 Å². The molecule has 2 rings (SSSR count). The molecule has 6 nitrogen and oxygen atoms in total. The van der Waals surface area contributed by atoms with Crippen LogP contribution in [0.4, 0.5) is 0 Å². The highest BCUT2D eigenvalue weighted by Gasteiger charge is 2.28. The van der Waals surface area contributed by atoms with Gasteiger partial charge in [0.2, 0.25) is 0 Å². The normalized spacial score (nSPS) is 15.5. The number of carbonyl (C=O) groups excluding carboxylic acids is 3. The van der Waals surface area contributed by atoms with Gasteiger partial charge in [-0.15, -0.1) is 0 Å². The lowest BCUT2D eigenvalue weighted by Gasteiger charge is -2.25. The minimum absolute atomic E-state index is 0.00494. The number of phenols is 1. The van der Waals surface area contributed by atoms with Crippen molar-refractivity contribution in [1.82, 2.24) is 4.90 Å². The Labute approximate surface area is 153 Å². The van der Waals surface area contributed by atoms with Crippen LogP contribution in [0.5, 0.6) is 5.75 Å². The van der Waals surface area contributed by atoms with Gasteiger partial charge in [0.25, 0.3) is 11.8 Å². The Morgan fingerprint density at radius 3 is 2.27 bits per heavy atom. The Morgan fingerprint density at radius 1 is 1.19 bits per heavy atom. The zero-order valence-corrected chi connectivity index (χ0v) is 15.8. The van der Waals surface area contributed by atoms with Crippen LogP contribution in [0.25, 0.3) is 0 Å². The molecule has 140 valence electrons. The minimum Gasteiger partial charge on any atom is -0.507 e. The van der Waals surface area contributed by atoms with E-state index in [1.807, 2.05) is 39.8 Å². The third-order valence-corrected chi connectivity index (χ3v) is 4.25. The number of imide groups is 1. The van der Waals surface area contributed by atoms with Crippen molar-refractivity contribution in [2.45, 2.75) is 52.6 Å². The molecule has 0 fully saturated rings. The van der Waals surface area contributed by atoms with Gasteiger partial charge in [-0.3, -0.25) is 19.3 Å². The van der Waals surface area contributed by atoms with Crippen LogP contribution in [0.15, 0.2) is 24.3 Å². The van der Waals surface area contributed by atoms with E-state index in [-0.39, 0.29) is 17.7 Å². The first-order valence-corrected chi connectivity index (χ1v) is 8.52. The molecule has 0 aromatic heterocycles. The molecule has 1 heterocycles. The van der Waals surface area contributed by atoms with Gasteiger partial charge in [-0.05, 0) is 29.0 Å². The van der Waals surface area contributed by atoms with Gasteiger partial charge < -0.3 is 9.84 Å². The van der Waals surface area contributed by atoms with Gasteiger partial charge in [-0.2, -0.15) is 0 Å². The molecule has 1 aliphatic heterocycles. The first-order valence-electron chi connectivity index (χ1n) is 8.52. The molecule has 1 aromatic carbocycles. The number of ether oxygens (including phenoxy) is 1. The van der Waals surface area contributed by atoms with Crippen molar-refractivity contribution in [3.63, 3.8) is 0 Å². The van der Waals surface area contributed by atoms with Crippen LogP contribution in [-0.4, -0.2) is 40.4 Å². The first-order chi connectivity index (χ1) is 12.0. The van der Waals surface area contributed by atoms with Gasteiger partial charge in [0.15, 0.2) is 0 Å². The van der Waals surface area contributed by atoms with Crippen molar-refractivity contribution in [2.24, 2.45) is 0 Å². The SMILES string of the molecule is CC(=O)OC(Cc1cc(C)c(O)c(C(C)(C)C)c1)CN1C(=O)C=CC1=O. The summed E-state index contributed by atoms with van der Waals surface area (Å²) in [7, 11) is 0. The number of aromatic hydroxyl groups is 1. The average Bonchev–Trinajstić information content (AvgIpc) is 2.80. The highest BCUT2D eigenvalue weighted by molar-refractivity contribution is 6.12. The molecule has 0 radical (unpaired) electrons. The smallest absolute Gasteiger partial charge is 0.302 e. The summed E-state index contributed by atoms with van der Waals surface area (Å²) in [5.74, 6) is -1.05. The number of phenolic OH excluding ortho intramolecular Hbond substituents is 1. The number of nitrogens with zero attached hydrogens (tertiary/aromatic N) is 1. The summed E-state index contributed by atoms with van der Waals surface area (Å²) in [6, 6.07) is 3.71. The van der Waals surface area contributed by atoms with Crippen LogP contribution in [-0.2, 0) is 31.0 Å². The van der Waals surface area contributed by atoms with Gasteiger partial charge in [0.05, 0.1) is 6.54 Å². The lowest BCUT2D eigenvalue weighted by Crippen LogP contribution is -2.39. The Bertz CT molecular complexity index is 755. The molecular formula is C20H25NO5. The first kappa shape index (κ1) is 19.7. The molecule has 1 aliphatic rings. The standard InChI is InChI=1S/C20H25NO5/c1-12-8-14(10-16(19(12)25)20(3,4)5)9-15(26-13(2)22)11-21-17(23)6-7-18(21)24/h6-8,10,15,25H,9,11H2,1-5H3. The molecular weight excluding hydrogens is 334 g/mol. The second-order valence-corrected chi connectivity index (χ2v) is 7.61. The largest absolute Gasteiger partial charge is 0.507 e. The molecule has 26 heavy (non-hydrogen) atoms. The number of aryl methyl sites for hydroxylation is 1. The average molecular weight is 359 g/mol. The van der Waals surface area contributed by atoms with E-state index in [1.54, 1.807) is 0 Å². The molecule has 0 spiro atoms. The number of amides is 2. The van der Waals surface area contributed by atoms with Gasteiger partial charge in [0.1, 0.15) is 11.9 Å². The maximum atomic E-state index is 11.8. The van der Waals surface area contributed by atoms with E-state index < -0.39 is 23.9 Å². The van der Waals surface area contributed by atoms with Crippen LogP contribution in [0.3, 0.4) is 0 Å². The van der Waals surface area contributed by atoms with Gasteiger partial charge in [-0.25, -0.2) is 0 Å². The summed E-state index contributed by atoms with van der Waals surface area (Å²) in [6.07, 6.45) is 2.09. The molecule has 2 amide bonds. The fraction of sp³-hybridized carbons (Fsp3) is 0.450. The second kappa shape index (κ2) is 7.32. The lowest BCUT2D eigenvalue weighted by atomic mass is 9.83. The van der Waals surface area contributed by atoms with E-state index >= 15 is 0 Å². The number of esters is 1. The van der Waals surface area contributed by atoms with Crippen LogP contribution < -0.4 is 0 Å². The molecule has 1 atom stereocenters. The molecule has 1 unspecified atom stereocenters. The van der Waals surface area contributed by atoms with E-state index in [0.29, 0.717) is 6.42 Å². The van der Waals surface area contributed by atoms with E-state index in [9.17, 15) is 19.5 Å². The highest BCUT2D eigenvalue weighted by atomic mass is 16.5. The minimum atomic E-state index is -0.655. The van der Waals surface area contributed by atoms with Gasteiger partial charge in [-0.1, -0.05) is 32.9 Å². The fourth-order valence-electron chi connectivity index (χ4n) is 3.00. The summed E-state index contributed by atoms with van der Waals surface area (Å²) in [6.45, 7) is 9.11. The van der Waals surface area contributed by atoms with Crippen molar-refractivity contribution < 1.29 is 24.2 Å². The van der Waals surface area contributed by atoms with Crippen molar-refractivity contribution in [2.75, 3.05) is 6.54 Å². The molecule has 0 bridgehead atoms. The molecule has 0 saturated heterocycles. The summed E-state index contributed by atoms with van der Waals surface area (Å²) in [5, 5.41) is 10.3. The van der Waals surface area contributed by atoms with Crippen molar-refractivity contribution in [3.05, 3.63) is 41.0 Å². The molecule has 6 heteroatoms.